The van der Waals surface area contributed by atoms with E-state index >= 15 is 0 Å². The molecule has 0 amide bonds. The Bertz CT molecular complexity index is 871. The van der Waals surface area contributed by atoms with Crippen LogP contribution in [0.4, 0.5) is 3.47 Å². The van der Waals surface area contributed by atoms with Crippen LogP contribution in [0.25, 0.3) is 0 Å². The molecule has 7 heteroatoms. The van der Waals surface area contributed by atoms with E-state index in [4.69, 9.17) is 11.9 Å². The zero-order valence-corrected chi connectivity index (χ0v) is 22.5. The second-order valence-corrected chi connectivity index (χ2v) is 13.7. The first-order valence-electron chi connectivity index (χ1n) is 9.12. The first-order chi connectivity index (χ1) is 14.9. The van der Waals surface area contributed by atoms with Crippen LogP contribution < -0.4 is 50.6 Å². The molecular weight excluding hydrogens is 684 g/mol. The molecule has 4 rings (SSSR count). The van der Waals surface area contributed by atoms with Gasteiger partial charge in [-0.25, -0.2) is 0 Å². The quantitative estimate of drug-likeness (QED) is 0.170. The summed E-state index contributed by atoms with van der Waals surface area (Å²) in [5, 5.41) is 0. The molecule has 0 fully saturated rings. The maximum Gasteiger partial charge on any atom is 0.357 e. The summed E-state index contributed by atoms with van der Waals surface area (Å²) in [6, 6.07) is 42.8. The molecule has 4 aromatic carbocycles. The average molecular weight is 704 g/mol. The first kappa shape index (κ1) is 25.8. The minimum atomic E-state index is -6.12. The summed E-state index contributed by atoms with van der Waals surface area (Å²) in [5.41, 5.74) is 0. The topological polar surface area (TPSA) is 63.2 Å². The van der Waals surface area contributed by atoms with Crippen LogP contribution in [0, 0.1) is 14.3 Å². The normalized spacial score (nSPS) is 10.2. The van der Waals surface area contributed by atoms with Crippen molar-refractivity contribution in [2.75, 3.05) is 0 Å². The molecular formula is C24H20AsFI2O3. The van der Waals surface area contributed by atoms with E-state index in [9.17, 15) is 3.47 Å². The van der Waals surface area contributed by atoms with E-state index in [1.165, 1.54) is 14.3 Å². The molecule has 0 saturated heterocycles. The number of hydrogen-bond acceptors (Lipinski definition) is 3. The molecule has 0 bridgehead atoms. The molecule has 0 heterocycles. The molecule has 31 heavy (non-hydrogen) atoms. The Kier molecular flexibility index (Phi) is 12.1. The Hall–Kier alpha value is -1.45. The van der Waals surface area contributed by atoms with Gasteiger partial charge in [-0.2, -0.15) is 0 Å². The molecule has 0 atom stereocenters. The van der Waals surface area contributed by atoms with Crippen molar-refractivity contribution in [3.8, 4) is 0 Å². The van der Waals surface area contributed by atoms with Crippen LogP contribution in [0.15, 0.2) is 121 Å². The molecule has 3 nitrogen and oxygen atoms in total. The van der Waals surface area contributed by atoms with Crippen molar-refractivity contribution in [2.45, 2.75) is 0 Å². The molecule has 0 aromatic heterocycles. The molecule has 0 unspecified atom stereocenters. The molecule has 160 valence electrons. The zero-order chi connectivity index (χ0) is 22.4. The van der Waals surface area contributed by atoms with Crippen LogP contribution in [0.5, 0.6) is 0 Å². The van der Waals surface area contributed by atoms with Gasteiger partial charge in [-0.1, -0.05) is 72.8 Å². The van der Waals surface area contributed by atoms with Crippen LogP contribution in [-0.4, -0.2) is 14.6 Å². The summed E-state index contributed by atoms with van der Waals surface area (Å²) in [7, 11) is 0. The fraction of sp³-hybridized carbons (Fsp3) is 0. The van der Waals surface area contributed by atoms with Crippen molar-refractivity contribution >= 4 is 14.6 Å². The number of rotatable bonds is 4. The third-order valence-electron chi connectivity index (χ3n) is 3.37. The van der Waals surface area contributed by atoms with Crippen molar-refractivity contribution in [3.05, 3.63) is 136 Å². The minimum Gasteiger partial charge on any atom is -0.0619 e. The predicted octanol–water partition coefficient (Wildman–Crippen LogP) is -2.83. The van der Waals surface area contributed by atoms with E-state index in [-0.39, 0.29) is 42.4 Å². The van der Waals surface area contributed by atoms with E-state index in [1.54, 1.807) is 0 Å². The molecule has 0 aliphatic rings. The van der Waals surface area contributed by atoms with Gasteiger partial charge >= 0.3 is 72.5 Å². The third-order valence-corrected chi connectivity index (χ3v) is 8.74. The second kappa shape index (κ2) is 14.6. The molecule has 0 aliphatic heterocycles. The summed E-state index contributed by atoms with van der Waals surface area (Å²) in [6.45, 7) is 0. The van der Waals surface area contributed by atoms with Crippen LogP contribution >= 0.6 is 0 Å². The van der Waals surface area contributed by atoms with Crippen LogP contribution in [0.3, 0.4) is 0 Å². The molecule has 0 N–H and O–H groups in total. The Balaban J connectivity index is 0.000000182. The van der Waals surface area contributed by atoms with Gasteiger partial charge < -0.3 is 0 Å². The molecule has 0 aliphatic carbocycles. The van der Waals surface area contributed by atoms with Crippen LogP contribution in [0.2, 0.25) is 0 Å². The molecule has 0 saturated carbocycles. The SMILES string of the molecule is O=[As]([O-])([O-])F.c1ccc([I+]c2ccccc2)cc1.c1ccc([I+]c2ccccc2)cc1. The summed E-state index contributed by atoms with van der Waals surface area (Å²) in [6.07, 6.45) is 0. The van der Waals surface area contributed by atoms with Crippen molar-refractivity contribution in [3.63, 3.8) is 0 Å². The Labute approximate surface area is 206 Å². The number of benzene rings is 4. The largest absolute Gasteiger partial charge is 0.357 e. The van der Waals surface area contributed by atoms with E-state index in [1.807, 2.05) is 0 Å². The van der Waals surface area contributed by atoms with E-state index in [0.717, 1.165) is 0 Å². The van der Waals surface area contributed by atoms with Crippen molar-refractivity contribution in [1.82, 2.24) is 0 Å². The van der Waals surface area contributed by atoms with Gasteiger partial charge in [-0.05, 0) is 48.5 Å². The van der Waals surface area contributed by atoms with Gasteiger partial charge in [0.05, 0.1) is 0 Å². The molecule has 0 radical (unpaired) electrons. The smallest absolute Gasteiger partial charge is 0.0619 e. The van der Waals surface area contributed by atoms with Gasteiger partial charge in [0.2, 0.25) is 0 Å². The van der Waals surface area contributed by atoms with Crippen molar-refractivity contribution in [2.24, 2.45) is 0 Å². The van der Waals surface area contributed by atoms with Crippen molar-refractivity contribution in [1.29, 1.82) is 0 Å². The minimum absolute atomic E-state index is 0.0287. The summed E-state index contributed by atoms with van der Waals surface area (Å²) < 4.78 is 41.6. The van der Waals surface area contributed by atoms with Crippen LogP contribution in [-0.2, 0) is 3.74 Å². The number of hydrogen-bond donors (Lipinski definition) is 0. The fourth-order valence-corrected chi connectivity index (χ4v) is 6.70. The van der Waals surface area contributed by atoms with Crippen LogP contribution in [0.1, 0.15) is 0 Å². The predicted molar refractivity (Wildman–Crippen MR) is 108 cm³/mol. The summed E-state index contributed by atoms with van der Waals surface area (Å²) in [5.74, 6) is 0. The van der Waals surface area contributed by atoms with Gasteiger partial charge in [-0.15, -0.1) is 0 Å². The summed E-state index contributed by atoms with van der Waals surface area (Å²) >= 11 is -6.07. The van der Waals surface area contributed by atoms with Gasteiger partial charge in [0.15, 0.2) is 14.3 Å². The van der Waals surface area contributed by atoms with Crippen molar-refractivity contribution < 1.29 is 57.8 Å². The average Bonchev–Trinajstić information content (AvgIpc) is 2.76. The molecule has 4 aromatic rings. The Morgan fingerprint density at radius 1 is 0.484 bits per heavy atom. The van der Waals surface area contributed by atoms with Gasteiger partial charge in [-0.3, -0.25) is 0 Å². The summed E-state index contributed by atoms with van der Waals surface area (Å²) in [4.78, 5) is 0. The van der Waals surface area contributed by atoms with E-state index in [0.29, 0.717) is 0 Å². The third kappa shape index (κ3) is 13.5. The van der Waals surface area contributed by atoms with E-state index < -0.39 is 14.6 Å². The Morgan fingerprint density at radius 2 is 0.645 bits per heavy atom. The standard InChI is InChI=1S/2C12H10I.AsFH2O3/c2*1-3-7-11(8-4-1)13-12-9-5-2-6-10-12;2-1(3,4)5/h2*1-10H;(H2,3,4,5)/q2*+1;/p-2. The maximum atomic E-state index is 10.2. The van der Waals surface area contributed by atoms with Gasteiger partial charge in [0, 0.05) is 0 Å². The monoisotopic (exact) mass is 704 g/mol. The Morgan fingerprint density at radius 3 is 0.806 bits per heavy atom. The molecule has 0 spiro atoms. The fourth-order valence-electron chi connectivity index (χ4n) is 2.16. The van der Waals surface area contributed by atoms with Gasteiger partial charge in [0.1, 0.15) is 0 Å². The zero-order valence-electron chi connectivity index (χ0n) is 16.4. The van der Waals surface area contributed by atoms with E-state index in [2.05, 4.69) is 121 Å². The second-order valence-electron chi connectivity index (χ2n) is 5.80. The maximum absolute atomic E-state index is 10.2. The number of halogens is 3. The van der Waals surface area contributed by atoms with Gasteiger partial charge in [0.25, 0.3) is 0 Å². The first-order valence-corrected chi connectivity index (χ1v) is 16.4.